The van der Waals surface area contributed by atoms with Crippen molar-refractivity contribution in [3.63, 3.8) is 0 Å². The van der Waals surface area contributed by atoms with Gasteiger partial charge in [0.25, 0.3) is 5.91 Å². The largest absolute Gasteiger partial charge is 0.471 e. The van der Waals surface area contributed by atoms with Crippen LogP contribution in [0.4, 0.5) is 13.2 Å². The van der Waals surface area contributed by atoms with Crippen LogP contribution in [0.5, 0.6) is 0 Å². The summed E-state index contributed by atoms with van der Waals surface area (Å²) in [5.74, 6) is -1.65. The Kier molecular flexibility index (Phi) is 3.61. The molecule has 1 unspecified atom stereocenters. The molecule has 1 atom stereocenters. The highest BCUT2D eigenvalue weighted by Gasteiger charge is 2.40. The summed E-state index contributed by atoms with van der Waals surface area (Å²) in [6, 6.07) is 0. The molecular formula is C13H13F3N4O3. The number of nitrogens with zero attached hydrogens (tertiary/aromatic N) is 4. The summed E-state index contributed by atoms with van der Waals surface area (Å²) in [6.45, 7) is 3.91. The van der Waals surface area contributed by atoms with E-state index in [0.717, 1.165) is 0 Å². The van der Waals surface area contributed by atoms with Crippen LogP contribution in [0.2, 0.25) is 0 Å². The van der Waals surface area contributed by atoms with E-state index < -0.39 is 12.1 Å². The van der Waals surface area contributed by atoms with E-state index >= 15 is 0 Å². The van der Waals surface area contributed by atoms with Crippen LogP contribution in [0.25, 0.3) is 0 Å². The smallest absolute Gasteiger partial charge is 0.361 e. The zero-order valence-electron chi connectivity index (χ0n) is 12.3. The molecule has 1 amide bonds. The van der Waals surface area contributed by atoms with Crippen LogP contribution < -0.4 is 0 Å². The molecule has 2 aromatic heterocycles. The van der Waals surface area contributed by atoms with Gasteiger partial charge in [0.15, 0.2) is 5.82 Å². The molecule has 2 aromatic rings. The molecule has 0 N–H and O–H groups in total. The molecule has 0 aromatic carbocycles. The van der Waals surface area contributed by atoms with E-state index in [9.17, 15) is 18.0 Å². The Balaban J connectivity index is 1.74. The number of hydrogen-bond donors (Lipinski definition) is 0. The maximum absolute atomic E-state index is 12.5. The van der Waals surface area contributed by atoms with Gasteiger partial charge < -0.3 is 13.9 Å². The average Bonchev–Trinajstić information content (AvgIpc) is 3.16. The summed E-state index contributed by atoms with van der Waals surface area (Å²) in [7, 11) is 0. The fraction of sp³-hybridized carbons (Fsp3) is 0.538. The maximum Gasteiger partial charge on any atom is 0.471 e. The van der Waals surface area contributed by atoms with Crippen molar-refractivity contribution in [3.8, 4) is 0 Å². The molecular weight excluding hydrogens is 317 g/mol. The number of rotatable bonds is 2. The number of halogens is 3. The molecule has 0 spiro atoms. The van der Waals surface area contributed by atoms with Crippen molar-refractivity contribution in [2.45, 2.75) is 32.4 Å². The second kappa shape index (κ2) is 5.36. The van der Waals surface area contributed by atoms with Crippen molar-refractivity contribution >= 4 is 5.91 Å². The third-order valence-corrected chi connectivity index (χ3v) is 3.77. The fourth-order valence-electron chi connectivity index (χ4n) is 2.62. The third-order valence-electron chi connectivity index (χ3n) is 3.77. The monoisotopic (exact) mass is 330 g/mol. The van der Waals surface area contributed by atoms with Gasteiger partial charge in [0, 0.05) is 19.0 Å². The molecule has 23 heavy (non-hydrogen) atoms. The topological polar surface area (TPSA) is 85.3 Å². The van der Waals surface area contributed by atoms with Gasteiger partial charge in [-0.25, -0.2) is 0 Å². The molecule has 10 heteroatoms. The Morgan fingerprint density at radius 3 is 2.57 bits per heavy atom. The van der Waals surface area contributed by atoms with Crippen LogP contribution in [-0.2, 0) is 6.18 Å². The molecule has 0 radical (unpaired) electrons. The number of carbonyl (C=O) groups is 1. The number of aromatic nitrogens is 3. The first kappa shape index (κ1) is 15.5. The van der Waals surface area contributed by atoms with Crippen molar-refractivity contribution in [3.05, 3.63) is 28.7 Å². The van der Waals surface area contributed by atoms with E-state index in [4.69, 9.17) is 4.52 Å². The van der Waals surface area contributed by atoms with E-state index in [1.54, 1.807) is 13.8 Å². The van der Waals surface area contributed by atoms with Crippen LogP contribution in [0.15, 0.2) is 9.05 Å². The number of likely N-dealkylation sites (tertiary alicyclic amines) is 1. The number of aryl methyl sites for hydroxylation is 2. The predicted molar refractivity (Wildman–Crippen MR) is 68.5 cm³/mol. The number of alkyl halides is 3. The lowest BCUT2D eigenvalue weighted by atomic mass is 10.1. The number of amides is 1. The number of hydrogen-bond acceptors (Lipinski definition) is 6. The Labute approximate surface area is 128 Å². The van der Waals surface area contributed by atoms with E-state index in [0.29, 0.717) is 30.0 Å². The normalized spacial score (nSPS) is 18.7. The SMILES string of the molecule is Cc1noc(C)c1C(=O)N1CCC(c2noc(C(F)(F)F)n2)C1. The Hall–Kier alpha value is -2.39. The number of carbonyl (C=O) groups excluding carboxylic acids is 1. The first-order valence-electron chi connectivity index (χ1n) is 6.90. The van der Waals surface area contributed by atoms with E-state index in [1.807, 2.05) is 0 Å². The van der Waals surface area contributed by atoms with E-state index in [-0.39, 0.29) is 24.2 Å². The molecule has 1 fully saturated rings. The molecule has 7 nitrogen and oxygen atoms in total. The summed E-state index contributed by atoms with van der Waals surface area (Å²) in [6.07, 6.45) is -4.21. The van der Waals surface area contributed by atoms with Gasteiger partial charge >= 0.3 is 12.1 Å². The van der Waals surface area contributed by atoms with Crippen LogP contribution in [0.3, 0.4) is 0 Å². The summed E-state index contributed by atoms with van der Waals surface area (Å²) < 4.78 is 46.7. The minimum atomic E-state index is -4.67. The van der Waals surface area contributed by atoms with Crippen molar-refractivity contribution in [2.75, 3.05) is 13.1 Å². The van der Waals surface area contributed by atoms with Gasteiger partial charge in [-0.3, -0.25) is 4.79 Å². The van der Waals surface area contributed by atoms with Gasteiger partial charge in [-0.1, -0.05) is 10.3 Å². The maximum atomic E-state index is 12.5. The van der Waals surface area contributed by atoms with Crippen molar-refractivity contribution in [2.24, 2.45) is 0 Å². The molecule has 124 valence electrons. The molecule has 1 saturated heterocycles. The standard InChI is InChI=1S/C13H13F3N4O3/c1-6-9(7(2)22-18-6)11(21)20-4-3-8(5-20)10-17-12(23-19-10)13(14,15)16/h8H,3-5H2,1-2H3. The van der Waals surface area contributed by atoms with Crippen LogP contribution >= 0.6 is 0 Å². The van der Waals surface area contributed by atoms with Crippen molar-refractivity contribution in [1.82, 2.24) is 20.2 Å². The van der Waals surface area contributed by atoms with E-state index in [1.165, 1.54) is 4.90 Å². The first-order valence-corrected chi connectivity index (χ1v) is 6.90. The highest BCUT2D eigenvalue weighted by Crippen LogP contribution is 2.31. The minimum Gasteiger partial charge on any atom is -0.361 e. The molecule has 3 rings (SSSR count). The van der Waals surface area contributed by atoms with Gasteiger partial charge in [-0.15, -0.1) is 0 Å². The lowest BCUT2D eigenvalue weighted by Gasteiger charge is -2.15. The predicted octanol–water partition coefficient (Wildman–Crippen LogP) is 2.32. The third kappa shape index (κ3) is 2.80. The first-order chi connectivity index (χ1) is 10.8. The molecule has 0 bridgehead atoms. The highest BCUT2D eigenvalue weighted by molar-refractivity contribution is 5.96. The Morgan fingerprint density at radius 2 is 2.00 bits per heavy atom. The van der Waals surface area contributed by atoms with Crippen LogP contribution in [-0.4, -0.2) is 39.2 Å². The molecule has 0 aliphatic carbocycles. The molecule has 0 saturated carbocycles. The van der Waals surface area contributed by atoms with Gasteiger partial charge in [0.1, 0.15) is 11.3 Å². The van der Waals surface area contributed by atoms with Gasteiger partial charge in [0.05, 0.1) is 5.69 Å². The quantitative estimate of drug-likeness (QED) is 0.840. The van der Waals surface area contributed by atoms with Crippen LogP contribution in [0, 0.1) is 13.8 Å². The molecule has 3 heterocycles. The minimum absolute atomic E-state index is 0.0358. The van der Waals surface area contributed by atoms with Gasteiger partial charge in [0.2, 0.25) is 0 Å². The average molecular weight is 330 g/mol. The van der Waals surface area contributed by atoms with Crippen molar-refractivity contribution in [1.29, 1.82) is 0 Å². The Bertz CT molecular complexity index is 718. The summed E-state index contributed by atoms with van der Waals surface area (Å²) in [5.41, 5.74) is 0.865. The summed E-state index contributed by atoms with van der Waals surface area (Å²) in [4.78, 5) is 17.4. The second-order valence-electron chi connectivity index (χ2n) is 5.39. The van der Waals surface area contributed by atoms with E-state index in [2.05, 4.69) is 19.8 Å². The van der Waals surface area contributed by atoms with Crippen molar-refractivity contribution < 1.29 is 27.0 Å². The summed E-state index contributed by atoms with van der Waals surface area (Å²) in [5, 5.41) is 7.11. The highest BCUT2D eigenvalue weighted by atomic mass is 19.4. The Morgan fingerprint density at radius 1 is 1.26 bits per heavy atom. The molecule has 1 aliphatic rings. The molecule has 1 aliphatic heterocycles. The second-order valence-corrected chi connectivity index (χ2v) is 5.39. The van der Waals surface area contributed by atoms with Crippen LogP contribution in [0.1, 0.15) is 45.9 Å². The lowest BCUT2D eigenvalue weighted by molar-refractivity contribution is -0.159. The lowest BCUT2D eigenvalue weighted by Crippen LogP contribution is -2.29. The van der Waals surface area contributed by atoms with Gasteiger partial charge in [-0.2, -0.15) is 18.2 Å². The zero-order valence-corrected chi connectivity index (χ0v) is 12.3. The summed E-state index contributed by atoms with van der Waals surface area (Å²) >= 11 is 0. The van der Waals surface area contributed by atoms with Gasteiger partial charge in [-0.05, 0) is 20.3 Å². The fourth-order valence-corrected chi connectivity index (χ4v) is 2.62. The zero-order chi connectivity index (χ0) is 16.8.